The average Bonchev–Trinajstić information content (AvgIpc) is 2.67. The zero-order valence-corrected chi connectivity index (χ0v) is 16.3. The van der Waals surface area contributed by atoms with Crippen molar-refractivity contribution in [2.24, 2.45) is 0 Å². The Morgan fingerprint density at radius 2 is 1.74 bits per heavy atom. The van der Waals surface area contributed by atoms with E-state index < -0.39 is 0 Å². The van der Waals surface area contributed by atoms with Crippen LogP contribution in [0.2, 0.25) is 0 Å². The molecule has 4 rings (SSSR count). The van der Waals surface area contributed by atoms with Gasteiger partial charge >= 0.3 is 0 Å². The quantitative estimate of drug-likeness (QED) is 0.430. The minimum atomic E-state index is -0.152. The molecule has 27 heavy (non-hydrogen) atoms. The molecular weight excluding hydrogens is 400 g/mol. The van der Waals surface area contributed by atoms with Crippen molar-refractivity contribution in [2.45, 2.75) is 6.92 Å². The normalized spacial score (nSPS) is 10.7. The molecule has 0 aliphatic rings. The standard InChI is InChI=1S/C23H17BrN2O/c1-15-6-4-7-16(12-15)22-14-20(19-10-2-3-11-21(19)26-22)23(27)25-18-9-5-8-17(24)13-18/h2-14H,1H3,(H,25,27). The molecule has 0 fully saturated rings. The van der Waals surface area contributed by atoms with E-state index in [1.54, 1.807) is 0 Å². The lowest BCUT2D eigenvalue weighted by atomic mass is 10.0. The third-order valence-electron chi connectivity index (χ3n) is 4.36. The molecule has 3 nitrogen and oxygen atoms in total. The third-order valence-corrected chi connectivity index (χ3v) is 4.85. The predicted molar refractivity (Wildman–Crippen MR) is 114 cm³/mol. The molecule has 0 aliphatic heterocycles. The minimum Gasteiger partial charge on any atom is -0.322 e. The van der Waals surface area contributed by atoms with Crippen molar-refractivity contribution < 1.29 is 4.79 Å². The van der Waals surface area contributed by atoms with Crippen LogP contribution in [0, 0.1) is 6.92 Å². The minimum absolute atomic E-state index is 0.152. The Balaban J connectivity index is 1.82. The van der Waals surface area contributed by atoms with Gasteiger partial charge < -0.3 is 5.32 Å². The zero-order valence-electron chi connectivity index (χ0n) is 14.7. The number of aryl methyl sites for hydroxylation is 1. The van der Waals surface area contributed by atoms with Crippen LogP contribution in [0.15, 0.2) is 83.3 Å². The van der Waals surface area contributed by atoms with E-state index in [1.807, 2.05) is 79.7 Å². The Labute approximate surface area is 166 Å². The van der Waals surface area contributed by atoms with Gasteiger partial charge in [0, 0.05) is 21.1 Å². The Bertz CT molecular complexity index is 1150. The highest BCUT2D eigenvalue weighted by Crippen LogP contribution is 2.26. The van der Waals surface area contributed by atoms with E-state index in [2.05, 4.69) is 27.3 Å². The Kier molecular flexibility index (Phi) is 4.73. The number of para-hydroxylation sites is 1. The van der Waals surface area contributed by atoms with Gasteiger partial charge in [0.25, 0.3) is 5.91 Å². The van der Waals surface area contributed by atoms with E-state index >= 15 is 0 Å². The first kappa shape index (κ1) is 17.4. The number of halogens is 1. The molecule has 0 saturated heterocycles. The number of pyridine rings is 1. The summed E-state index contributed by atoms with van der Waals surface area (Å²) in [6.07, 6.45) is 0. The van der Waals surface area contributed by atoms with Crippen molar-refractivity contribution >= 4 is 38.4 Å². The maximum absolute atomic E-state index is 13.0. The van der Waals surface area contributed by atoms with E-state index in [9.17, 15) is 4.79 Å². The maximum atomic E-state index is 13.0. The largest absolute Gasteiger partial charge is 0.322 e. The smallest absolute Gasteiger partial charge is 0.256 e. The number of hydrogen-bond acceptors (Lipinski definition) is 2. The van der Waals surface area contributed by atoms with Crippen LogP contribution in [0.3, 0.4) is 0 Å². The van der Waals surface area contributed by atoms with Crippen LogP contribution in [0.1, 0.15) is 15.9 Å². The van der Waals surface area contributed by atoms with E-state index in [4.69, 9.17) is 4.98 Å². The van der Waals surface area contributed by atoms with E-state index in [1.165, 1.54) is 0 Å². The lowest BCUT2D eigenvalue weighted by molar-refractivity contribution is 0.102. The number of anilines is 1. The molecule has 1 heterocycles. The zero-order chi connectivity index (χ0) is 18.8. The van der Waals surface area contributed by atoms with Crippen LogP contribution in [-0.4, -0.2) is 10.9 Å². The van der Waals surface area contributed by atoms with Gasteiger partial charge in [0.05, 0.1) is 16.8 Å². The molecule has 0 unspecified atom stereocenters. The Morgan fingerprint density at radius 1 is 0.926 bits per heavy atom. The molecule has 0 atom stereocenters. The summed E-state index contributed by atoms with van der Waals surface area (Å²) in [6, 6.07) is 25.3. The summed E-state index contributed by atoms with van der Waals surface area (Å²) in [5, 5.41) is 3.82. The van der Waals surface area contributed by atoms with Crippen molar-refractivity contribution in [3.8, 4) is 11.3 Å². The topological polar surface area (TPSA) is 42.0 Å². The number of fused-ring (bicyclic) bond motifs is 1. The molecule has 3 aromatic carbocycles. The number of carbonyl (C=O) groups is 1. The van der Waals surface area contributed by atoms with Crippen molar-refractivity contribution in [2.75, 3.05) is 5.32 Å². The van der Waals surface area contributed by atoms with Crippen LogP contribution in [0.25, 0.3) is 22.2 Å². The number of amides is 1. The Hall–Kier alpha value is -2.98. The molecular formula is C23H17BrN2O. The summed E-state index contributed by atoms with van der Waals surface area (Å²) >= 11 is 3.44. The van der Waals surface area contributed by atoms with Gasteiger partial charge in [0.2, 0.25) is 0 Å². The van der Waals surface area contributed by atoms with Gasteiger partial charge in [-0.1, -0.05) is 64.0 Å². The number of hydrogen-bond donors (Lipinski definition) is 1. The number of benzene rings is 3. The highest BCUT2D eigenvalue weighted by molar-refractivity contribution is 9.10. The SMILES string of the molecule is Cc1cccc(-c2cc(C(=O)Nc3cccc(Br)c3)c3ccccc3n2)c1. The van der Waals surface area contributed by atoms with Gasteiger partial charge in [-0.3, -0.25) is 4.79 Å². The fraction of sp³-hybridized carbons (Fsp3) is 0.0435. The Morgan fingerprint density at radius 3 is 2.56 bits per heavy atom. The van der Waals surface area contributed by atoms with E-state index in [0.717, 1.165) is 37.9 Å². The molecule has 1 N–H and O–H groups in total. The van der Waals surface area contributed by atoms with Crippen LogP contribution in [0.5, 0.6) is 0 Å². The number of nitrogens with one attached hydrogen (secondary N) is 1. The second kappa shape index (κ2) is 7.33. The highest BCUT2D eigenvalue weighted by atomic mass is 79.9. The van der Waals surface area contributed by atoms with Gasteiger partial charge in [-0.2, -0.15) is 0 Å². The lowest BCUT2D eigenvalue weighted by Gasteiger charge is -2.11. The van der Waals surface area contributed by atoms with Crippen LogP contribution >= 0.6 is 15.9 Å². The second-order valence-corrected chi connectivity index (χ2v) is 7.32. The number of aromatic nitrogens is 1. The fourth-order valence-electron chi connectivity index (χ4n) is 3.08. The molecule has 132 valence electrons. The molecule has 1 amide bonds. The summed E-state index contributed by atoms with van der Waals surface area (Å²) in [6.45, 7) is 2.05. The van der Waals surface area contributed by atoms with Gasteiger partial charge in [0.1, 0.15) is 0 Å². The maximum Gasteiger partial charge on any atom is 0.256 e. The summed E-state index contributed by atoms with van der Waals surface area (Å²) in [5.41, 5.74) is 5.09. The van der Waals surface area contributed by atoms with Crippen molar-refractivity contribution in [3.05, 3.63) is 94.5 Å². The first-order chi connectivity index (χ1) is 13.1. The third kappa shape index (κ3) is 3.76. The lowest BCUT2D eigenvalue weighted by Crippen LogP contribution is -2.13. The first-order valence-electron chi connectivity index (χ1n) is 8.64. The monoisotopic (exact) mass is 416 g/mol. The summed E-state index contributed by atoms with van der Waals surface area (Å²) in [4.78, 5) is 17.8. The van der Waals surface area contributed by atoms with Crippen LogP contribution in [-0.2, 0) is 0 Å². The highest BCUT2D eigenvalue weighted by Gasteiger charge is 2.14. The number of carbonyl (C=O) groups excluding carboxylic acids is 1. The number of nitrogens with zero attached hydrogens (tertiary/aromatic N) is 1. The molecule has 0 bridgehead atoms. The fourth-order valence-corrected chi connectivity index (χ4v) is 3.48. The van der Waals surface area contributed by atoms with Gasteiger partial charge in [0.15, 0.2) is 0 Å². The molecule has 0 radical (unpaired) electrons. The molecule has 4 heteroatoms. The molecule has 4 aromatic rings. The van der Waals surface area contributed by atoms with Crippen molar-refractivity contribution in [3.63, 3.8) is 0 Å². The number of rotatable bonds is 3. The van der Waals surface area contributed by atoms with Crippen LogP contribution < -0.4 is 5.32 Å². The molecule has 0 spiro atoms. The summed E-state index contributed by atoms with van der Waals surface area (Å²) in [5.74, 6) is -0.152. The summed E-state index contributed by atoms with van der Waals surface area (Å²) in [7, 11) is 0. The van der Waals surface area contributed by atoms with Crippen LogP contribution in [0.4, 0.5) is 5.69 Å². The molecule has 1 aromatic heterocycles. The first-order valence-corrected chi connectivity index (χ1v) is 9.43. The van der Waals surface area contributed by atoms with Gasteiger partial charge in [-0.25, -0.2) is 4.98 Å². The van der Waals surface area contributed by atoms with Gasteiger partial charge in [-0.15, -0.1) is 0 Å². The van der Waals surface area contributed by atoms with Gasteiger partial charge in [-0.05, 0) is 43.3 Å². The van der Waals surface area contributed by atoms with Crippen molar-refractivity contribution in [1.29, 1.82) is 0 Å². The molecule has 0 aliphatic carbocycles. The van der Waals surface area contributed by atoms with E-state index in [-0.39, 0.29) is 5.91 Å². The predicted octanol–water partition coefficient (Wildman–Crippen LogP) is 6.23. The average molecular weight is 417 g/mol. The van der Waals surface area contributed by atoms with E-state index in [0.29, 0.717) is 5.56 Å². The van der Waals surface area contributed by atoms with Crippen molar-refractivity contribution in [1.82, 2.24) is 4.98 Å². The molecule has 0 saturated carbocycles. The summed E-state index contributed by atoms with van der Waals surface area (Å²) < 4.78 is 0.917. The second-order valence-electron chi connectivity index (χ2n) is 6.41.